The van der Waals surface area contributed by atoms with Gasteiger partial charge in [0.25, 0.3) is 0 Å². The summed E-state index contributed by atoms with van der Waals surface area (Å²) in [6.07, 6.45) is 1.79. The van der Waals surface area contributed by atoms with Gasteiger partial charge in [-0.15, -0.1) is 5.10 Å². The number of aromatic nitrogens is 2. The van der Waals surface area contributed by atoms with E-state index in [0.717, 1.165) is 23.1 Å². The molecule has 0 spiro atoms. The van der Waals surface area contributed by atoms with Gasteiger partial charge >= 0.3 is 0 Å². The summed E-state index contributed by atoms with van der Waals surface area (Å²) in [5, 5.41) is 3.68. The van der Waals surface area contributed by atoms with Crippen LogP contribution in [0.15, 0.2) is 24.4 Å². The van der Waals surface area contributed by atoms with E-state index in [4.69, 9.17) is 5.84 Å². The maximum Gasteiger partial charge on any atom is 0.126 e. The second kappa shape index (κ2) is 5.26. The predicted molar refractivity (Wildman–Crippen MR) is 60.0 cm³/mol. The van der Waals surface area contributed by atoms with Gasteiger partial charge in [0.05, 0.1) is 17.1 Å². The van der Waals surface area contributed by atoms with Crippen LogP contribution < -0.4 is 11.3 Å². The van der Waals surface area contributed by atoms with E-state index in [1.807, 2.05) is 0 Å². The molecule has 2 rings (SSSR count). The van der Waals surface area contributed by atoms with Crippen LogP contribution in [0.4, 0.5) is 8.78 Å². The third-order valence-corrected chi connectivity index (χ3v) is 3.13. The van der Waals surface area contributed by atoms with E-state index in [1.165, 1.54) is 11.5 Å². The van der Waals surface area contributed by atoms with Crippen molar-refractivity contribution in [3.05, 3.63) is 46.5 Å². The maximum atomic E-state index is 13.4. The van der Waals surface area contributed by atoms with Crippen LogP contribution in [0.25, 0.3) is 0 Å². The molecule has 1 unspecified atom stereocenters. The summed E-state index contributed by atoms with van der Waals surface area (Å²) in [5.74, 6) is 4.46. The Hall–Kier alpha value is -1.44. The monoisotopic (exact) mass is 256 g/mol. The lowest BCUT2D eigenvalue weighted by Crippen LogP contribution is -2.29. The maximum absolute atomic E-state index is 13.4. The van der Waals surface area contributed by atoms with Crippen LogP contribution in [0.3, 0.4) is 0 Å². The van der Waals surface area contributed by atoms with Gasteiger partial charge in [0.1, 0.15) is 11.6 Å². The minimum atomic E-state index is -0.473. The van der Waals surface area contributed by atoms with Gasteiger partial charge in [0.2, 0.25) is 0 Å². The fraction of sp³-hybridized carbons (Fsp3) is 0.200. The lowest BCUT2D eigenvalue weighted by Gasteiger charge is -2.13. The van der Waals surface area contributed by atoms with Crippen molar-refractivity contribution in [1.82, 2.24) is 15.0 Å². The van der Waals surface area contributed by atoms with E-state index in [-0.39, 0.29) is 18.0 Å². The Kier molecular flexibility index (Phi) is 3.72. The lowest BCUT2D eigenvalue weighted by molar-refractivity contribution is 0.528. The fourth-order valence-electron chi connectivity index (χ4n) is 1.49. The molecule has 0 aliphatic carbocycles. The van der Waals surface area contributed by atoms with Crippen LogP contribution >= 0.6 is 11.5 Å². The zero-order valence-corrected chi connectivity index (χ0v) is 9.55. The number of nitrogens with two attached hydrogens (primary N) is 1. The molecule has 1 aromatic carbocycles. The van der Waals surface area contributed by atoms with Crippen LogP contribution in [0, 0.1) is 11.6 Å². The minimum absolute atomic E-state index is 0.240. The largest absolute Gasteiger partial charge is 0.271 e. The van der Waals surface area contributed by atoms with E-state index in [0.29, 0.717) is 0 Å². The average Bonchev–Trinajstić information content (AvgIpc) is 2.84. The van der Waals surface area contributed by atoms with Gasteiger partial charge in [0, 0.05) is 0 Å². The highest BCUT2D eigenvalue weighted by Crippen LogP contribution is 2.21. The van der Waals surface area contributed by atoms with Crippen molar-refractivity contribution in [2.75, 3.05) is 0 Å². The number of benzene rings is 1. The van der Waals surface area contributed by atoms with Gasteiger partial charge in [-0.05, 0) is 41.7 Å². The van der Waals surface area contributed by atoms with Crippen LogP contribution in [0.2, 0.25) is 0 Å². The highest BCUT2D eigenvalue weighted by atomic mass is 32.1. The zero-order valence-electron chi connectivity index (χ0n) is 8.73. The molecule has 1 heterocycles. The summed E-state index contributed by atoms with van der Waals surface area (Å²) in [7, 11) is 0. The molecule has 0 radical (unpaired) electrons. The first-order valence-electron chi connectivity index (χ1n) is 4.88. The van der Waals surface area contributed by atoms with Crippen LogP contribution in [0.1, 0.15) is 16.5 Å². The Bertz CT molecular complexity index is 489. The molecule has 17 heavy (non-hydrogen) atoms. The van der Waals surface area contributed by atoms with Crippen LogP contribution in [0.5, 0.6) is 0 Å². The van der Waals surface area contributed by atoms with E-state index < -0.39 is 11.6 Å². The molecular weight excluding hydrogens is 246 g/mol. The summed E-state index contributed by atoms with van der Waals surface area (Å²) >= 11 is 1.17. The second-order valence-electron chi connectivity index (χ2n) is 3.48. The molecule has 0 aliphatic rings. The van der Waals surface area contributed by atoms with Crippen LogP contribution in [-0.4, -0.2) is 9.59 Å². The fourth-order valence-corrected chi connectivity index (χ4v) is 2.05. The van der Waals surface area contributed by atoms with Gasteiger partial charge in [-0.1, -0.05) is 4.49 Å². The molecule has 0 saturated heterocycles. The van der Waals surface area contributed by atoms with Crippen molar-refractivity contribution < 1.29 is 8.78 Å². The van der Waals surface area contributed by atoms with Crippen molar-refractivity contribution in [2.45, 2.75) is 12.5 Å². The van der Waals surface area contributed by atoms with Gasteiger partial charge in [0.15, 0.2) is 0 Å². The van der Waals surface area contributed by atoms with Gasteiger partial charge in [-0.25, -0.2) is 8.78 Å². The molecule has 4 nitrogen and oxygen atoms in total. The molecule has 0 amide bonds. The Labute approximate surface area is 101 Å². The third kappa shape index (κ3) is 2.82. The normalized spacial score (nSPS) is 12.6. The SMILES string of the molecule is NNC(Cc1cc(F)ccc1F)c1cnns1. The molecule has 0 saturated carbocycles. The second-order valence-corrected chi connectivity index (χ2v) is 4.30. The predicted octanol–water partition coefficient (Wildman–Crippen LogP) is 1.56. The smallest absolute Gasteiger partial charge is 0.126 e. The van der Waals surface area contributed by atoms with Crippen LogP contribution in [-0.2, 0) is 6.42 Å². The van der Waals surface area contributed by atoms with Gasteiger partial charge in [-0.2, -0.15) is 0 Å². The topological polar surface area (TPSA) is 63.8 Å². The number of hydrogen-bond acceptors (Lipinski definition) is 5. The third-order valence-electron chi connectivity index (χ3n) is 2.35. The number of rotatable bonds is 4. The first-order valence-corrected chi connectivity index (χ1v) is 5.65. The summed E-state index contributed by atoms with van der Waals surface area (Å²) in [6.45, 7) is 0. The van der Waals surface area contributed by atoms with E-state index >= 15 is 0 Å². The number of hydrogen-bond donors (Lipinski definition) is 2. The summed E-state index contributed by atoms with van der Waals surface area (Å²) in [5.41, 5.74) is 2.81. The van der Waals surface area contributed by atoms with E-state index in [2.05, 4.69) is 15.0 Å². The molecule has 1 aromatic heterocycles. The van der Waals surface area contributed by atoms with Crippen molar-refractivity contribution in [3.8, 4) is 0 Å². The Morgan fingerprint density at radius 3 is 2.88 bits per heavy atom. The Morgan fingerprint density at radius 1 is 1.41 bits per heavy atom. The first kappa shape index (κ1) is 12.0. The molecule has 3 N–H and O–H groups in total. The van der Waals surface area contributed by atoms with Crippen molar-refractivity contribution >= 4 is 11.5 Å². The standard InChI is InChI=1S/C10H10F2N4S/c11-7-1-2-8(12)6(3-7)4-9(15-13)10-5-14-16-17-10/h1-3,5,9,15H,4,13H2. The van der Waals surface area contributed by atoms with E-state index in [1.54, 1.807) is 6.20 Å². The highest BCUT2D eigenvalue weighted by Gasteiger charge is 2.15. The summed E-state index contributed by atoms with van der Waals surface area (Å²) in [6, 6.07) is 3.02. The number of nitrogens with one attached hydrogen (secondary N) is 1. The van der Waals surface area contributed by atoms with Gasteiger partial charge in [-0.3, -0.25) is 11.3 Å². The number of halogens is 2. The zero-order chi connectivity index (χ0) is 12.3. The van der Waals surface area contributed by atoms with Gasteiger partial charge < -0.3 is 0 Å². The Morgan fingerprint density at radius 2 is 2.24 bits per heavy atom. The molecular formula is C10H10F2N4S. The molecule has 1 atom stereocenters. The molecule has 0 fully saturated rings. The first-order chi connectivity index (χ1) is 8.20. The lowest BCUT2D eigenvalue weighted by atomic mass is 10.0. The van der Waals surface area contributed by atoms with Crippen molar-refractivity contribution in [3.63, 3.8) is 0 Å². The van der Waals surface area contributed by atoms with Crippen molar-refractivity contribution in [1.29, 1.82) is 0 Å². The Balaban J connectivity index is 2.21. The van der Waals surface area contributed by atoms with E-state index in [9.17, 15) is 8.78 Å². The average molecular weight is 256 g/mol. The molecule has 7 heteroatoms. The number of nitrogens with zero attached hydrogens (tertiary/aromatic N) is 2. The summed E-state index contributed by atoms with van der Waals surface area (Å²) in [4.78, 5) is 0.774. The van der Waals surface area contributed by atoms with Crippen molar-refractivity contribution in [2.24, 2.45) is 5.84 Å². The highest BCUT2D eigenvalue weighted by molar-refractivity contribution is 7.05. The minimum Gasteiger partial charge on any atom is -0.271 e. The molecule has 2 aromatic rings. The summed E-state index contributed by atoms with van der Waals surface area (Å²) < 4.78 is 30.1. The molecule has 0 aliphatic heterocycles. The molecule has 0 bridgehead atoms. The molecule has 90 valence electrons. The number of hydrazine groups is 1. The quantitative estimate of drug-likeness (QED) is 0.643.